The average molecular weight is 305 g/mol. The molecule has 112 valence electrons. The van der Waals surface area contributed by atoms with Crippen LogP contribution in [0.4, 0.5) is 0 Å². The highest BCUT2D eigenvalue weighted by atomic mass is 32.2. The van der Waals surface area contributed by atoms with Crippen LogP contribution in [0.1, 0.15) is 17.2 Å². The van der Waals surface area contributed by atoms with E-state index in [4.69, 9.17) is 4.74 Å². The number of benzene rings is 1. The number of ether oxygens (including phenoxy) is 1. The van der Waals surface area contributed by atoms with Gasteiger partial charge in [0.05, 0.1) is 7.11 Å². The normalized spacial score (nSPS) is 12.1. The van der Waals surface area contributed by atoms with Crippen LogP contribution < -0.4 is 15.6 Å². The van der Waals surface area contributed by atoms with E-state index < -0.39 is 0 Å². The summed E-state index contributed by atoms with van der Waals surface area (Å²) >= 11 is 1.50. The molecule has 0 aliphatic rings. The first kappa shape index (κ1) is 15.6. The van der Waals surface area contributed by atoms with Gasteiger partial charge in [0, 0.05) is 29.6 Å². The highest BCUT2D eigenvalue weighted by Gasteiger charge is 2.15. The number of rotatable bonds is 6. The van der Waals surface area contributed by atoms with Gasteiger partial charge in [0.1, 0.15) is 5.75 Å². The number of H-pyrrole nitrogens is 1. The summed E-state index contributed by atoms with van der Waals surface area (Å²) < 4.78 is 5.43. The highest BCUT2D eigenvalue weighted by molar-refractivity contribution is 7.99. The van der Waals surface area contributed by atoms with Gasteiger partial charge in [-0.15, -0.1) is 0 Å². The van der Waals surface area contributed by atoms with Gasteiger partial charge in [-0.2, -0.15) is 0 Å². The van der Waals surface area contributed by atoms with Crippen molar-refractivity contribution in [3.05, 3.63) is 51.9 Å². The molecule has 0 aliphatic heterocycles. The molecule has 1 unspecified atom stereocenters. The first-order valence-corrected chi connectivity index (χ1v) is 7.62. The van der Waals surface area contributed by atoms with E-state index in [9.17, 15) is 4.79 Å². The fourth-order valence-electron chi connectivity index (χ4n) is 2.04. The van der Waals surface area contributed by atoms with Gasteiger partial charge in [-0.25, -0.2) is 4.98 Å². The molecule has 21 heavy (non-hydrogen) atoms. The Hall–Kier alpha value is -1.79. The van der Waals surface area contributed by atoms with Crippen LogP contribution in [-0.4, -0.2) is 29.9 Å². The smallest absolute Gasteiger partial charge is 0.251 e. The Morgan fingerprint density at radius 3 is 2.90 bits per heavy atom. The van der Waals surface area contributed by atoms with Crippen LogP contribution >= 0.6 is 11.8 Å². The van der Waals surface area contributed by atoms with E-state index in [0.717, 1.165) is 17.1 Å². The summed E-state index contributed by atoms with van der Waals surface area (Å²) in [5.41, 5.74) is 2.15. The van der Waals surface area contributed by atoms with E-state index in [1.54, 1.807) is 7.11 Å². The van der Waals surface area contributed by atoms with Gasteiger partial charge < -0.3 is 15.0 Å². The molecule has 1 aromatic carbocycles. The summed E-state index contributed by atoms with van der Waals surface area (Å²) in [6.07, 6.45) is 1.52. The quantitative estimate of drug-likeness (QED) is 0.632. The van der Waals surface area contributed by atoms with Crippen molar-refractivity contribution in [1.29, 1.82) is 0 Å². The Morgan fingerprint density at radius 1 is 1.43 bits per heavy atom. The monoisotopic (exact) mass is 305 g/mol. The van der Waals surface area contributed by atoms with Crippen molar-refractivity contribution in [3.63, 3.8) is 0 Å². The average Bonchev–Trinajstić information content (AvgIpc) is 2.48. The highest BCUT2D eigenvalue weighted by Crippen LogP contribution is 2.29. The van der Waals surface area contributed by atoms with Gasteiger partial charge in [0.25, 0.3) is 5.56 Å². The largest absolute Gasteiger partial charge is 0.496 e. The maximum Gasteiger partial charge on any atom is 0.251 e. The molecule has 0 saturated carbocycles. The number of nitrogens with zero attached hydrogens (tertiary/aromatic N) is 1. The molecule has 0 fully saturated rings. The Balaban J connectivity index is 2.16. The molecule has 0 aliphatic carbocycles. The van der Waals surface area contributed by atoms with Gasteiger partial charge >= 0.3 is 0 Å². The number of aromatic amines is 1. The van der Waals surface area contributed by atoms with Crippen LogP contribution in [0.15, 0.2) is 40.4 Å². The Morgan fingerprint density at radius 2 is 2.24 bits per heavy atom. The predicted octanol–water partition coefficient (Wildman–Crippen LogP) is 2.14. The molecule has 0 bridgehead atoms. The van der Waals surface area contributed by atoms with Crippen molar-refractivity contribution < 1.29 is 4.74 Å². The molecule has 2 aromatic rings. The van der Waals surface area contributed by atoms with E-state index >= 15 is 0 Å². The van der Waals surface area contributed by atoms with E-state index in [1.807, 2.05) is 19.2 Å². The van der Waals surface area contributed by atoms with Gasteiger partial charge in [0.15, 0.2) is 5.16 Å². The second-order valence-electron chi connectivity index (χ2n) is 4.64. The lowest BCUT2D eigenvalue weighted by atomic mass is 10.0. The molecular weight excluding hydrogens is 286 g/mol. The summed E-state index contributed by atoms with van der Waals surface area (Å²) in [5, 5.41) is 3.90. The third-order valence-corrected chi connectivity index (χ3v) is 4.12. The number of aryl methyl sites for hydroxylation is 1. The molecule has 0 amide bonds. The lowest BCUT2D eigenvalue weighted by molar-refractivity contribution is 0.404. The van der Waals surface area contributed by atoms with Crippen LogP contribution in [0.25, 0.3) is 0 Å². The zero-order valence-electron chi connectivity index (χ0n) is 12.3. The summed E-state index contributed by atoms with van der Waals surface area (Å²) in [7, 11) is 3.58. The Labute approximate surface area is 128 Å². The van der Waals surface area contributed by atoms with Crippen molar-refractivity contribution >= 4 is 11.8 Å². The van der Waals surface area contributed by atoms with Crippen LogP contribution in [0, 0.1) is 6.92 Å². The van der Waals surface area contributed by atoms with Gasteiger partial charge in [-0.3, -0.25) is 4.79 Å². The van der Waals surface area contributed by atoms with Crippen LogP contribution in [-0.2, 0) is 0 Å². The van der Waals surface area contributed by atoms with Crippen LogP contribution in [0.5, 0.6) is 5.75 Å². The lowest BCUT2D eigenvalue weighted by Crippen LogP contribution is -2.20. The molecular formula is C15H19N3O2S. The zero-order valence-corrected chi connectivity index (χ0v) is 13.2. The molecule has 1 atom stereocenters. The molecule has 2 rings (SSSR count). The molecule has 0 saturated heterocycles. The van der Waals surface area contributed by atoms with Crippen molar-refractivity contribution in [2.75, 3.05) is 19.9 Å². The van der Waals surface area contributed by atoms with Crippen LogP contribution in [0.3, 0.4) is 0 Å². The maximum absolute atomic E-state index is 11.3. The molecule has 0 radical (unpaired) electrons. The van der Waals surface area contributed by atoms with E-state index in [0.29, 0.717) is 5.16 Å². The molecule has 2 N–H and O–H groups in total. The van der Waals surface area contributed by atoms with Crippen molar-refractivity contribution in [1.82, 2.24) is 15.3 Å². The number of nitrogens with one attached hydrogen (secondary N) is 2. The first-order valence-electron chi connectivity index (χ1n) is 6.64. The van der Waals surface area contributed by atoms with E-state index in [-0.39, 0.29) is 11.6 Å². The minimum absolute atomic E-state index is 0.107. The number of thioether (sulfide) groups is 1. The van der Waals surface area contributed by atoms with Gasteiger partial charge in [0.2, 0.25) is 0 Å². The SMILES string of the molecule is CNC(CSc1nccc(=O)[nH]1)c1cc(C)ccc1OC. The van der Waals surface area contributed by atoms with Gasteiger partial charge in [-0.05, 0) is 20.0 Å². The number of hydrogen-bond acceptors (Lipinski definition) is 5. The second-order valence-corrected chi connectivity index (χ2v) is 5.65. The minimum atomic E-state index is -0.137. The molecule has 6 heteroatoms. The van der Waals surface area contributed by atoms with Crippen molar-refractivity contribution in [2.45, 2.75) is 18.1 Å². The topological polar surface area (TPSA) is 67.0 Å². The summed E-state index contributed by atoms with van der Waals surface area (Å²) in [4.78, 5) is 18.1. The fraction of sp³-hybridized carbons (Fsp3) is 0.333. The number of aromatic nitrogens is 2. The van der Waals surface area contributed by atoms with Crippen LogP contribution in [0.2, 0.25) is 0 Å². The number of methoxy groups -OCH3 is 1. The number of hydrogen-bond donors (Lipinski definition) is 2. The Bertz CT molecular complexity index is 657. The lowest BCUT2D eigenvalue weighted by Gasteiger charge is -2.19. The predicted molar refractivity (Wildman–Crippen MR) is 85.1 cm³/mol. The minimum Gasteiger partial charge on any atom is -0.496 e. The first-order chi connectivity index (χ1) is 10.1. The van der Waals surface area contributed by atoms with E-state index in [1.165, 1.54) is 29.6 Å². The second kappa shape index (κ2) is 7.28. The summed E-state index contributed by atoms with van der Waals surface area (Å²) in [5.74, 6) is 1.60. The summed E-state index contributed by atoms with van der Waals surface area (Å²) in [6, 6.07) is 7.63. The van der Waals surface area contributed by atoms with Crippen molar-refractivity contribution in [2.24, 2.45) is 0 Å². The van der Waals surface area contributed by atoms with Crippen molar-refractivity contribution in [3.8, 4) is 5.75 Å². The summed E-state index contributed by atoms with van der Waals surface area (Å²) in [6.45, 7) is 2.05. The molecule has 1 aromatic heterocycles. The standard InChI is InChI=1S/C15H19N3O2S/c1-10-4-5-13(20-3)11(8-10)12(16-2)9-21-15-17-7-6-14(19)18-15/h4-8,12,16H,9H2,1-3H3,(H,17,18,19). The fourth-order valence-corrected chi connectivity index (χ4v) is 3.02. The van der Waals surface area contributed by atoms with Gasteiger partial charge in [-0.1, -0.05) is 29.5 Å². The molecule has 1 heterocycles. The zero-order chi connectivity index (χ0) is 15.2. The maximum atomic E-state index is 11.3. The molecule has 5 nitrogen and oxygen atoms in total. The molecule has 0 spiro atoms. The Kier molecular flexibility index (Phi) is 5.41. The van der Waals surface area contributed by atoms with E-state index in [2.05, 4.69) is 28.3 Å². The third-order valence-electron chi connectivity index (χ3n) is 3.14. The third kappa shape index (κ3) is 4.09.